The van der Waals surface area contributed by atoms with E-state index in [-0.39, 0.29) is 0 Å². The number of allylic oxidation sites excluding steroid dienone is 7. The Morgan fingerprint density at radius 3 is 2.28 bits per heavy atom. The Morgan fingerprint density at radius 1 is 1.00 bits per heavy atom. The second-order valence-electron chi connectivity index (χ2n) is 4.99. The van der Waals surface area contributed by atoms with Crippen molar-refractivity contribution in [3.8, 4) is 0 Å². The zero-order valence-corrected chi connectivity index (χ0v) is 15.2. The van der Waals surface area contributed by atoms with Crippen molar-refractivity contribution in [3.63, 3.8) is 0 Å². The number of hydrogen-bond acceptors (Lipinski definition) is 1. The van der Waals surface area contributed by atoms with Gasteiger partial charge in [-0.1, -0.05) is 74.9 Å². The van der Waals surface area contributed by atoms with Crippen molar-refractivity contribution in [2.75, 3.05) is 0 Å². The van der Waals surface area contributed by atoms with E-state index in [0.717, 1.165) is 27.6 Å². The van der Waals surface area contributed by atoms with Gasteiger partial charge in [-0.2, -0.15) is 0 Å². The number of hydrogen-bond donors (Lipinski definition) is 0. The quantitative estimate of drug-likeness (QED) is 0.484. The van der Waals surface area contributed by atoms with E-state index in [0.29, 0.717) is 0 Å². The molecule has 0 fully saturated rings. The van der Waals surface area contributed by atoms with Gasteiger partial charge in [0.25, 0.3) is 0 Å². The molecule has 1 heterocycles. The maximum Gasteiger partial charge on any atom is 0.137 e. The third kappa shape index (κ3) is 4.67. The maximum absolute atomic E-state index is 4.51. The first-order valence-corrected chi connectivity index (χ1v) is 8.13. The van der Waals surface area contributed by atoms with E-state index in [1.165, 1.54) is 0 Å². The molecule has 25 heavy (non-hydrogen) atoms. The predicted molar refractivity (Wildman–Crippen MR) is 116 cm³/mol. The minimum atomic E-state index is 0.738. The lowest BCUT2D eigenvalue weighted by molar-refractivity contribution is 1.02. The van der Waals surface area contributed by atoms with Crippen molar-refractivity contribution in [2.24, 2.45) is 4.99 Å². The molecule has 0 bridgehead atoms. The molecule has 0 aliphatic carbocycles. The summed E-state index contributed by atoms with van der Waals surface area (Å²) in [4.78, 5) is 4.51. The van der Waals surface area contributed by atoms with E-state index in [1.807, 2.05) is 50.3 Å². The van der Waals surface area contributed by atoms with Crippen molar-refractivity contribution in [1.29, 1.82) is 0 Å². The Kier molecular flexibility index (Phi) is 8.45. The molecule has 0 spiro atoms. The zero-order valence-electron chi connectivity index (χ0n) is 15.2. The first-order chi connectivity index (χ1) is 12.2. The third-order valence-corrected chi connectivity index (χ3v) is 3.46. The van der Waals surface area contributed by atoms with Crippen LogP contribution in [-0.4, -0.2) is 10.8 Å². The van der Waals surface area contributed by atoms with Crippen LogP contribution in [0.25, 0.3) is 30.1 Å². The molecular weight excluding hydrogens is 304 g/mol. The fourth-order valence-electron chi connectivity index (χ4n) is 2.50. The van der Waals surface area contributed by atoms with Crippen molar-refractivity contribution < 1.29 is 0 Å². The third-order valence-electron chi connectivity index (χ3n) is 3.46. The second-order valence-corrected chi connectivity index (χ2v) is 4.99. The highest BCUT2D eigenvalue weighted by Crippen LogP contribution is 2.14. The monoisotopic (exact) mass is 330 g/mol. The van der Waals surface area contributed by atoms with Crippen molar-refractivity contribution in [2.45, 2.75) is 13.8 Å². The van der Waals surface area contributed by atoms with Gasteiger partial charge in [0.2, 0.25) is 0 Å². The molecule has 1 rings (SSSR count). The van der Waals surface area contributed by atoms with E-state index >= 15 is 0 Å². The van der Waals surface area contributed by atoms with Crippen LogP contribution in [0.4, 0.5) is 0 Å². The second kappa shape index (κ2) is 10.6. The topological polar surface area (TPSA) is 17.3 Å². The summed E-state index contributed by atoms with van der Waals surface area (Å²) in [6, 6.07) is 0. The Bertz CT molecular complexity index is 882. The van der Waals surface area contributed by atoms with Gasteiger partial charge >= 0.3 is 0 Å². The molecule has 1 aromatic rings. The van der Waals surface area contributed by atoms with Gasteiger partial charge in [0.05, 0.1) is 11.0 Å². The minimum Gasteiger partial charge on any atom is -0.294 e. The van der Waals surface area contributed by atoms with Crippen LogP contribution in [0, 0.1) is 0 Å². The molecular formula is C23H26N2. The normalized spacial score (nSPS) is 14.1. The molecule has 0 aliphatic heterocycles. The molecule has 0 unspecified atom stereocenters. The lowest BCUT2D eigenvalue weighted by Gasteiger charge is -2.08. The summed E-state index contributed by atoms with van der Waals surface area (Å²) in [7, 11) is 0. The Labute approximate surface area is 150 Å². The Hall–Kier alpha value is -3.13. The molecule has 1 aromatic heterocycles. The van der Waals surface area contributed by atoms with E-state index in [2.05, 4.69) is 48.0 Å². The summed E-state index contributed by atoms with van der Waals surface area (Å²) >= 11 is 0. The Balaban J connectivity index is 4.11. The molecule has 2 nitrogen and oxygen atoms in total. The number of aliphatic imine (C=N–C) groups is 1. The minimum absolute atomic E-state index is 0.738. The smallest absolute Gasteiger partial charge is 0.137 e. The lowest BCUT2D eigenvalue weighted by Crippen LogP contribution is -2.29. The summed E-state index contributed by atoms with van der Waals surface area (Å²) in [5.74, 6) is 0.738. The van der Waals surface area contributed by atoms with Gasteiger partial charge in [0.15, 0.2) is 0 Å². The van der Waals surface area contributed by atoms with Crippen LogP contribution < -0.4 is 10.6 Å². The summed E-state index contributed by atoms with van der Waals surface area (Å²) in [5, 5.41) is 2.13. The van der Waals surface area contributed by atoms with Crippen LogP contribution in [0.5, 0.6) is 0 Å². The van der Waals surface area contributed by atoms with E-state index in [9.17, 15) is 0 Å². The summed E-state index contributed by atoms with van der Waals surface area (Å²) < 4.78 is 2.06. The molecule has 0 saturated heterocycles. The summed E-state index contributed by atoms with van der Waals surface area (Å²) in [6.45, 7) is 19.3. The van der Waals surface area contributed by atoms with Gasteiger partial charge < -0.3 is 0 Å². The van der Waals surface area contributed by atoms with Crippen LogP contribution in [0.2, 0.25) is 0 Å². The highest BCUT2D eigenvalue weighted by Gasteiger charge is 2.12. The van der Waals surface area contributed by atoms with Crippen molar-refractivity contribution in [3.05, 3.63) is 90.7 Å². The standard InChI is InChI=1S/C23H26N2/c1-7-13-16-20-19(11-5)22(17-14-8-2)25(21(20)12-6)23(15-9-3)24-18-10-4/h7-18H,1,3-4,6H2,2,5H3/b14-8-,16-13-,19-11-,22-17+,23-15+,24-18?. The van der Waals surface area contributed by atoms with Crippen molar-refractivity contribution >= 4 is 36.3 Å². The average Bonchev–Trinajstić information content (AvgIpc) is 2.93. The lowest BCUT2D eigenvalue weighted by atomic mass is 10.1. The SMILES string of the molecule is C=CC=N/C(=C\C=C)n1c(C=C)c(/C=C\C=C)c(=C/C)/c1=C\C=C/C. The van der Waals surface area contributed by atoms with Crippen LogP contribution in [0.15, 0.2) is 73.8 Å². The van der Waals surface area contributed by atoms with Gasteiger partial charge in [0, 0.05) is 17.0 Å². The average molecular weight is 330 g/mol. The Morgan fingerprint density at radius 2 is 1.76 bits per heavy atom. The van der Waals surface area contributed by atoms with Gasteiger partial charge in [-0.15, -0.1) is 0 Å². The van der Waals surface area contributed by atoms with Crippen molar-refractivity contribution in [1.82, 2.24) is 4.57 Å². The summed E-state index contributed by atoms with van der Waals surface area (Å²) in [5.41, 5.74) is 2.02. The predicted octanol–water partition coefficient (Wildman–Crippen LogP) is 4.73. The molecule has 0 aliphatic rings. The molecule has 0 radical (unpaired) electrons. The highest BCUT2D eigenvalue weighted by molar-refractivity contribution is 5.77. The summed E-state index contributed by atoms with van der Waals surface area (Å²) in [6.07, 6.45) is 22.6. The number of aromatic nitrogens is 1. The van der Waals surface area contributed by atoms with Gasteiger partial charge in [-0.25, -0.2) is 4.99 Å². The molecule has 0 aromatic carbocycles. The van der Waals surface area contributed by atoms with Crippen LogP contribution in [-0.2, 0) is 0 Å². The largest absolute Gasteiger partial charge is 0.294 e. The molecule has 0 N–H and O–H groups in total. The van der Waals surface area contributed by atoms with E-state index in [1.54, 1.807) is 24.4 Å². The fraction of sp³-hybridized carbons (Fsp3) is 0.0870. The molecule has 0 atom stereocenters. The number of nitrogens with zero attached hydrogens (tertiary/aromatic N) is 2. The molecule has 0 amide bonds. The molecule has 128 valence electrons. The van der Waals surface area contributed by atoms with Gasteiger partial charge in [-0.3, -0.25) is 4.57 Å². The number of rotatable bonds is 8. The van der Waals surface area contributed by atoms with Crippen LogP contribution in [0.3, 0.4) is 0 Å². The van der Waals surface area contributed by atoms with Crippen LogP contribution >= 0.6 is 0 Å². The maximum atomic E-state index is 4.51. The first kappa shape index (κ1) is 19.9. The van der Waals surface area contributed by atoms with Gasteiger partial charge in [0.1, 0.15) is 5.82 Å². The first-order valence-electron chi connectivity index (χ1n) is 8.13. The van der Waals surface area contributed by atoms with E-state index in [4.69, 9.17) is 0 Å². The van der Waals surface area contributed by atoms with E-state index < -0.39 is 0 Å². The molecule has 0 saturated carbocycles. The highest BCUT2D eigenvalue weighted by atomic mass is 15.1. The molecule has 2 heteroatoms. The van der Waals surface area contributed by atoms with Crippen LogP contribution in [0.1, 0.15) is 25.1 Å². The zero-order chi connectivity index (χ0) is 18.7. The van der Waals surface area contributed by atoms with Gasteiger partial charge in [-0.05, 0) is 32.1 Å². The fourth-order valence-corrected chi connectivity index (χ4v) is 2.50.